The van der Waals surface area contributed by atoms with Gasteiger partial charge < -0.3 is 15.1 Å². The SMILES string of the molecule is CN(C)/C=C1\NC(=O)[C@@H]2CCCN2C1=O. The fourth-order valence-electron chi connectivity index (χ4n) is 2.05. The Balaban J connectivity index is 2.24. The maximum Gasteiger partial charge on any atom is 0.272 e. The molecule has 1 N–H and O–H groups in total. The minimum Gasteiger partial charge on any atom is -0.382 e. The topological polar surface area (TPSA) is 52.7 Å². The molecule has 2 fully saturated rings. The molecule has 1 atom stereocenters. The van der Waals surface area contributed by atoms with Crippen LogP contribution >= 0.6 is 0 Å². The molecule has 2 saturated heterocycles. The average molecular weight is 209 g/mol. The third-order valence-electron chi connectivity index (χ3n) is 2.69. The van der Waals surface area contributed by atoms with Gasteiger partial charge in [-0.3, -0.25) is 9.59 Å². The average Bonchev–Trinajstić information content (AvgIpc) is 2.61. The standard InChI is InChI=1S/C10H15N3O2/c1-12(2)6-7-10(15)13-5-3-4-8(13)9(14)11-7/h6,8H,3-5H2,1-2H3,(H,11,14)/b7-6-/t8-/m0/s1. The van der Waals surface area contributed by atoms with Crippen LogP contribution in [0.15, 0.2) is 11.9 Å². The summed E-state index contributed by atoms with van der Waals surface area (Å²) in [6.07, 6.45) is 3.35. The molecule has 0 bridgehead atoms. The molecule has 15 heavy (non-hydrogen) atoms. The van der Waals surface area contributed by atoms with E-state index in [0.29, 0.717) is 12.2 Å². The first-order valence-electron chi connectivity index (χ1n) is 5.09. The summed E-state index contributed by atoms with van der Waals surface area (Å²) in [5.74, 6) is -0.119. The van der Waals surface area contributed by atoms with Gasteiger partial charge in [0.15, 0.2) is 0 Å². The Kier molecular flexibility index (Phi) is 2.38. The number of fused-ring (bicyclic) bond motifs is 1. The van der Waals surface area contributed by atoms with Gasteiger partial charge in [0.05, 0.1) is 0 Å². The predicted molar refractivity (Wildman–Crippen MR) is 54.6 cm³/mol. The van der Waals surface area contributed by atoms with E-state index in [1.807, 2.05) is 14.1 Å². The molecule has 2 aliphatic rings. The molecule has 5 heteroatoms. The molecular formula is C10H15N3O2. The summed E-state index contributed by atoms with van der Waals surface area (Å²) in [7, 11) is 3.64. The number of nitrogens with one attached hydrogen (secondary N) is 1. The maximum absolute atomic E-state index is 11.9. The fraction of sp³-hybridized carbons (Fsp3) is 0.600. The van der Waals surface area contributed by atoms with Gasteiger partial charge in [-0.2, -0.15) is 0 Å². The summed E-state index contributed by atoms with van der Waals surface area (Å²) in [6, 6.07) is -0.239. The summed E-state index contributed by atoms with van der Waals surface area (Å²) >= 11 is 0. The van der Waals surface area contributed by atoms with E-state index in [-0.39, 0.29) is 17.9 Å². The summed E-state index contributed by atoms with van der Waals surface area (Å²) in [5, 5.41) is 2.66. The van der Waals surface area contributed by atoms with Gasteiger partial charge in [0.25, 0.3) is 5.91 Å². The van der Waals surface area contributed by atoms with Gasteiger partial charge in [-0.25, -0.2) is 0 Å². The van der Waals surface area contributed by atoms with Crippen LogP contribution in [0.3, 0.4) is 0 Å². The highest BCUT2D eigenvalue weighted by Gasteiger charge is 2.40. The van der Waals surface area contributed by atoms with E-state index in [1.54, 1.807) is 16.0 Å². The summed E-state index contributed by atoms with van der Waals surface area (Å²) < 4.78 is 0. The second kappa shape index (κ2) is 3.56. The Morgan fingerprint density at radius 1 is 1.47 bits per heavy atom. The highest BCUT2D eigenvalue weighted by Crippen LogP contribution is 2.22. The number of hydrogen-bond acceptors (Lipinski definition) is 3. The quantitative estimate of drug-likeness (QED) is 0.593. The van der Waals surface area contributed by atoms with Crippen molar-refractivity contribution in [2.24, 2.45) is 0 Å². The molecule has 2 rings (SSSR count). The van der Waals surface area contributed by atoms with Gasteiger partial charge in [-0.15, -0.1) is 0 Å². The molecule has 0 unspecified atom stereocenters. The van der Waals surface area contributed by atoms with Crippen LogP contribution in [0.1, 0.15) is 12.8 Å². The molecule has 0 aliphatic carbocycles. The highest BCUT2D eigenvalue weighted by molar-refractivity contribution is 6.04. The van der Waals surface area contributed by atoms with E-state index < -0.39 is 0 Å². The van der Waals surface area contributed by atoms with Crippen LogP contribution in [0.2, 0.25) is 0 Å². The highest BCUT2D eigenvalue weighted by atomic mass is 16.2. The number of nitrogens with zero attached hydrogens (tertiary/aromatic N) is 2. The van der Waals surface area contributed by atoms with Gasteiger partial charge in [0, 0.05) is 26.8 Å². The van der Waals surface area contributed by atoms with Gasteiger partial charge in [-0.05, 0) is 12.8 Å². The molecule has 0 aromatic rings. The Morgan fingerprint density at radius 2 is 2.20 bits per heavy atom. The lowest BCUT2D eigenvalue weighted by atomic mass is 10.1. The summed E-state index contributed by atoms with van der Waals surface area (Å²) in [6.45, 7) is 0.696. The van der Waals surface area contributed by atoms with Crippen molar-refractivity contribution in [3.63, 3.8) is 0 Å². The van der Waals surface area contributed by atoms with Crippen molar-refractivity contribution in [1.29, 1.82) is 0 Å². The zero-order valence-electron chi connectivity index (χ0n) is 8.99. The van der Waals surface area contributed by atoms with E-state index in [2.05, 4.69) is 5.32 Å². The first kappa shape index (κ1) is 10.0. The van der Waals surface area contributed by atoms with E-state index >= 15 is 0 Å². The third-order valence-corrected chi connectivity index (χ3v) is 2.69. The Bertz CT molecular complexity index is 336. The normalized spacial score (nSPS) is 28.0. The van der Waals surface area contributed by atoms with E-state index in [9.17, 15) is 9.59 Å². The van der Waals surface area contributed by atoms with E-state index in [1.165, 1.54) is 0 Å². The molecular weight excluding hydrogens is 194 g/mol. The lowest BCUT2D eigenvalue weighted by Gasteiger charge is -2.30. The van der Waals surface area contributed by atoms with Crippen molar-refractivity contribution < 1.29 is 9.59 Å². The van der Waals surface area contributed by atoms with E-state index in [4.69, 9.17) is 0 Å². The molecule has 82 valence electrons. The first-order chi connectivity index (χ1) is 7.09. The number of rotatable bonds is 1. The van der Waals surface area contributed by atoms with Gasteiger partial charge in [0.2, 0.25) is 5.91 Å². The van der Waals surface area contributed by atoms with E-state index in [0.717, 1.165) is 12.8 Å². The lowest BCUT2D eigenvalue weighted by Crippen LogP contribution is -2.54. The zero-order chi connectivity index (χ0) is 11.0. The minimum atomic E-state index is -0.239. The number of hydrogen-bond donors (Lipinski definition) is 1. The molecule has 2 heterocycles. The summed E-state index contributed by atoms with van der Waals surface area (Å²) in [5.41, 5.74) is 0.378. The molecule has 0 spiro atoms. The Hall–Kier alpha value is -1.52. The minimum absolute atomic E-state index is 0.0554. The van der Waals surface area contributed by atoms with Gasteiger partial charge >= 0.3 is 0 Å². The van der Waals surface area contributed by atoms with Crippen LogP contribution < -0.4 is 5.32 Å². The predicted octanol–water partition coefficient (Wildman–Crippen LogP) is -0.490. The number of amides is 2. The van der Waals surface area contributed by atoms with Crippen LogP contribution in [-0.4, -0.2) is 48.3 Å². The Morgan fingerprint density at radius 3 is 2.87 bits per heavy atom. The molecule has 2 amide bonds. The van der Waals surface area contributed by atoms with Crippen molar-refractivity contribution in [3.05, 3.63) is 11.9 Å². The van der Waals surface area contributed by atoms with Gasteiger partial charge in [-0.1, -0.05) is 0 Å². The van der Waals surface area contributed by atoms with Crippen molar-refractivity contribution >= 4 is 11.8 Å². The van der Waals surface area contributed by atoms with Crippen LogP contribution in [0.25, 0.3) is 0 Å². The zero-order valence-corrected chi connectivity index (χ0v) is 8.99. The largest absolute Gasteiger partial charge is 0.382 e. The fourth-order valence-corrected chi connectivity index (χ4v) is 2.05. The monoisotopic (exact) mass is 209 g/mol. The first-order valence-corrected chi connectivity index (χ1v) is 5.09. The smallest absolute Gasteiger partial charge is 0.272 e. The molecule has 0 aromatic carbocycles. The van der Waals surface area contributed by atoms with Crippen molar-refractivity contribution in [3.8, 4) is 0 Å². The molecule has 0 saturated carbocycles. The van der Waals surface area contributed by atoms with Crippen LogP contribution in [0, 0.1) is 0 Å². The molecule has 2 aliphatic heterocycles. The number of carbonyl (C=O) groups excluding carboxylic acids is 2. The number of piperazine rings is 1. The second-order valence-corrected chi connectivity index (χ2v) is 4.15. The van der Waals surface area contributed by atoms with Crippen LogP contribution in [-0.2, 0) is 9.59 Å². The molecule has 5 nitrogen and oxygen atoms in total. The van der Waals surface area contributed by atoms with Crippen molar-refractivity contribution in [2.75, 3.05) is 20.6 Å². The summed E-state index contributed by atoms with van der Waals surface area (Å²) in [4.78, 5) is 27.0. The second-order valence-electron chi connectivity index (χ2n) is 4.15. The van der Waals surface area contributed by atoms with Crippen LogP contribution in [0.4, 0.5) is 0 Å². The third kappa shape index (κ3) is 1.69. The van der Waals surface area contributed by atoms with Gasteiger partial charge in [0.1, 0.15) is 11.7 Å². The Labute approximate surface area is 88.7 Å². The maximum atomic E-state index is 11.9. The lowest BCUT2D eigenvalue weighted by molar-refractivity contribution is -0.140. The molecule has 0 aromatic heterocycles. The molecule has 0 radical (unpaired) electrons. The van der Waals surface area contributed by atoms with Crippen molar-refractivity contribution in [2.45, 2.75) is 18.9 Å². The number of carbonyl (C=O) groups is 2. The van der Waals surface area contributed by atoms with Crippen LogP contribution in [0.5, 0.6) is 0 Å². The van der Waals surface area contributed by atoms with Crippen molar-refractivity contribution in [1.82, 2.24) is 15.1 Å².